The van der Waals surface area contributed by atoms with Crippen LogP contribution in [0.2, 0.25) is 0 Å². The third-order valence-electron chi connectivity index (χ3n) is 3.77. The van der Waals surface area contributed by atoms with E-state index in [1.54, 1.807) is 13.8 Å². The van der Waals surface area contributed by atoms with Crippen molar-refractivity contribution < 1.29 is 23.9 Å². The number of carbonyl (C=O) groups excluding carboxylic acids is 3. The molecule has 0 atom stereocenters. The average molecular weight is 327 g/mol. The molecule has 1 saturated heterocycles. The number of carbonyl (C=O) groups is 3. The van der Waals surface area contributed by atoms with Gasteiger partial charge in [0.1, 0.15) is 5.54 Å². The molecule has 1 N–H and O–H groups in total. The van der Waals surface area contributed by atoms with Gasteiger partial charge in [0.15, 0.2) is 6.29 Å². The van der Waals surface area contributed by atoms with Crippen molar-refractivity contribution in [2.75, 3.05) is 33.9 Å². The third-order valence-corrected chi connectivity index (χ3v) is 3.77. The van der Waals surface area contributed by atoms with Crippen LogP contribution in [0.5, 0.6) is 0 Å². The van der Waals surface area contributed by atoms with Gasteiger partial charge in [-0.2, -0.15) is 0 Å². The molecule has 0 unspecified atom stereocenters. The molecular weight excluding hydrogens is 302 g/mol. The summed E-state index contributed by atoms with van der Waals surface area (Å²) in [6, 6.07) is -0.403. The van der Waals surface area contributed by atoms with E-state index in [1.807, 2.05) is 0 Å². The molecule has 130 valence electrons. The van der Waals surface area contributed by atoms with Crippen molar-refractivity contribution in [3.63, 3.8) is 0 Å². The lowest BCUT2D eigenvalue weighted by Gasteiger charge is -2.27. The summed E-state index contributed by atoms with van der Waals surface area (Å²) in [4.78, 5) is 39.0. The van der Waals surface area contributed by atoms with E-state index >= 15 is 0 Å². The summed E-state index contributed by atoms with van der Waals surface area (Å²) in [6.07, 6.45) is 1.07. The summed E-state index contributed by atoms with van der Waals surface area (Å²) >= 11 is 0. The molecule has 0 aromatic heterocycles. The second-order valence-electron chi connectivity index (χ2n) is 5.65. The average Bonchev–Trinajstić information content (AvgIpc) is 2.67. The Morgan fingerprint density at radius 1 is 1.35 bits per heavy atom. The van der Waals surface area contributed by atoms with Crippen molar-refractivity contribution in [1.82, 2.24) is 15.1 Å². The quantitative estimate of drug-likeness (QED) is 0.375. The van der Waals surface area contributed by atoms with E-state index in [-0.39, 0.29) is 37.9 Å². The number of nitrogens with one attached hydrogen (secondary N) is 1. The Morgan fingerprint density at radius 2 is 1.96 bits per heavy atom. The first-order chi connectivity index (χ1) is 10.8. The van der Waals surface area contributed by atoms with Crippen LogP contribution in [0.1, 0.15) is 20.3 Å². The van der Waals surface area contributed by atoms with Crippen molar-refractivity contribution in [1.29, 1.82) is 0 Å². The lowest BCUT2D eigenvalue weighted by atomic mass is 10.0. The Kier molecular flexibility index (Phi) is 6.71. The molecule has 0 radical (unpaired) electrons. The molecule has 23 heavy (non-hydrogen) atoms. The predicted molar refractivity (Wildman–Crippen MR) is 83.5 cm³/mol. The number of urea groups is 1. The van der Waals surface area contributed by atoms with E-state index < -0.39 is 17.9 Å². The highest BCUT2D eigenvalue weighted by Gasteiger charge is 2.50. The smallest absolute Gasteiger partial charge is 0.327 e. The number of imide groups is 1. The molecule has 0 aliphatic carbocycles. The molecule has 0 aromatic carbocycles. The fourth-order valence-corrected chi connectivity index (χ4v) is 2.34. The Hall–Kier alpha value is -1.93. The molecule has 1 aliphatic heterocycles. The summed E-state index contributed by atoms with van der Waals surface area (Å²) < 4.78 is 9.94. The number of ether oxygens (including phenoxy) is 2. The first-order valence-corrected chi connectivity index (χ1v) is 7.36. The van der Waals surface area contributed by atoms with E-state index in [4.69, 9.17) is 9.47 Å². The highest BCUT2D eigenvalue weighted by molar-refractivity contribution is 6.06. The van der Waals surface area contributed by atoms with Gasteiger partial charge in [-0.3, -0.25) is 14.5 Å². The number of nitrogens with zero attached hydrogens (tertiary/aromatic N) is 2. The number of rotatable bonds is 9. The molecule has 1 rings (SSSR count). The number of methoxy groups -OCH3 is 2. The fraction of sp³-hybridized carbons (Fsp3) is 0.667. The van der Waals surface area contributed by atoms with Gasteiger partial charge in [0.05, 0.1) is 6.54 Å². The molecule has 0 spiro atoms. The highest BCUT2D eigenvalue weighted by Crippen LogP contribution is 2.27. The highest BCUT2D eigenvalue weighted by atomic mass is 16.7. The van der Waals surface area contributed by atoms with Gasteiger partial charge in [0.25, 0.3) is 5.91 Å². The van der Waals surface area contributed by atoms with Crippen LogP contribution in [0.25, 0.3) is 0 Å². The van der Waals surface area contributed by atoms with Crippen LogP contribution in [0.4, 0.5) is 4.79 Å². The number of amides is 4. The third kappa shape index (κ3) is 4.29. The molecule has 0 bridgehead atoms. The Morgan fingerprint density at radius 3 is 2.48 bits per heavy atom. The maximum Gasteiger partial charge on any atom is 0.327 e. The molecule has 4 amide bonds. The topological polar surface area (TPSA) is 88.2 Å². The molecule has 1 heterocycles. The van der Waals surface area contributed by atoms with Crippen LogP contribution in [-0.4, -0.2) is 73.3 Å². The standard InChI is InChI=1S/C15H25N3O5/c1-6-8-17-13(20)15(2,3)18(14(17)21)9-7-11(19)16-10-12(22-4)23-5/h6,12H,1,7-10H2,2-5H3,(H,16,19). The zero-order chi connectivity index (χ0) is 17.6. The maximum atomic E-state index is 12.3. The summed E-state index contributed by atoms with van der Waals surface area (Å²) in [7, 11) is 2.96. The van der Waals surface area contributed by atoms with Crippen LogP contribution in [0.3, 0.4) is 0 Å². The first kappa shape index (κ1) is 19.1. The summed E-state index contributed by atoms with van der Waals surface area (Å²) in [5, 5.41) is 2.66. The van der Waals surface area contributed by atoms with Crippen LogP contribution in [0.15, 0.2) is 12.7 Å². The van der Waals surface area contributed by atoms with E-state index in [0.717, 1.165) is 4.90 Å². The fourth-order valence-electron chi connectivity index (χ4n) is 2.34. The van der Waals surface area contributed by atoms with Gasteiger partial charge < -0.3 is 19.7 Å². The second-order valence-corrected chi connectivity index (χ2v) is 5.65. The zero-order valence-electron chi connectivity index (χ0n) is 14.1. The van der Waals surface area contributed by atoms with Crippen LogP contribution in [-0.2, 0) is 19.1 Å². The van der Waals surface area contributed by atoms with Gasteiger partial charge in [0, 0.05) is 33.7 Å². The molecule has 0 saturated carbocycles. The minimum Gasteiger partial charge on any atom is -0.354 e. The van der Waals surface area contributed by atoms with Gasteiger partial charge in [-0.05, 0) is 13.8 Å². The Bertz CT molecular complexity index is 474. The van der Waals surface area contributed by atoms with E-state index in [1.165, 1.54) is 25.2 Å². The summed E-state index contributed by atoms with van der Waals surface area (Å²) in [5.74, 6) is -0.538. The number of hydrogen-bond acceptors (Lipinski definition) is 5. The largest absolute Gasteiger partial charge is 0.354 e. The maximum absolute atomic E-state index is 12.3. The monoisotopic (exact) mass is 327 g/mol. The van der Waals surface area contributed by atoms with Gasteiger partial charge in [-0.1, -0.05) is 6.08 Å². The predicted octanol–water partition coefficient (Wildman–Crippen LogP) is 0.340. The second kappa shape index (κ2) is 8.07. The van der Waals surface area contributed by atoms with Gasteiger partial charge in [-0.25, -0.2) is 4.79 Å². The lowest BCUT2D eigenvalue weighted by Crippen LogP contribution is -2.46. The van der Waals surface area contributed by atoms with Gasteiger partial charge in [-0.15, -0.1) is 6.58 Å². The van der Waals surface area contributed by atoms with E-state index in [2.05, 4.69) is 11.9 Å². The minimum atomic E-state index is -0.970. The van der Waals surface area contributed by atoms with Crippen molar-refractivity contribution >= 4 is 17.8 Å². The first-order valence-electron chi connectivity index (χ1n) is 7.36. The van der Waals surface area contributed by atoms with Crippen LogP contribution >= 0.6 is 0 Å². The van der Waals surface area contributed by atoms with Crippen LogP contribution in [0, 0.1) is 0 Å². The van der Waals surface area contributed by atoms with Crippen molar-refractivity contribution in [2.45, 2.75) is 32.1 Å². The SMILES string of the molecule is C=CCN1C(=O)N(CCC(=O)NCC(OC)OC)C(C)(C)C1=O. The molecule has 1 fully saturated rings. The van der Waals surface area contributed by atoms with Crippen LogP contribution < -0.4 is 5.32 Å². The Balaban J connectivity index is 2.59. The zero-order valence-corrected chi connectivity index (χ0v) is 14.1. The summed E-state index contributed by atoms with van der Waals surface area (Å²) in [5.41, 5.74) is -0.970. The molecule has 1 aliphatic rings. The summed E-state index contributed by atoms with van der Waals surface area (Å²) in [6.45, 7) is 7.41. The van der Waals surface area contributed by atoms with E-state index in [9.17, 15) is 14.4 Å². The molecule has 8 nitrogen and oxygen atoms in total. The Labute approximate surface area is 136 Å². The van der Waals surface area contributed by atoms with E-state index in [0.29, 0.717) is 0 Å². The molecular formula is C15H25N3O5. The van der Waals surface area contributed by atoms with Crippen molar-refractivity contribution in [3.8, 4) is 0 Å². The van der Waals surface area contributed by atoms with Gasteiger partial charge >= 0.3 is 6.03 Å². The molecule has 8 heteroatoms. The van der Waals surface area contributed by atoms with Crippen molar-refractivity contribution in [3.05, 3.63) is 12.7 Å². The minimum absolute atomic E-state index is 0.0878. The molecule has 0 aromatic rings. The normalized spacial score (nSPS) is 17.1. The number of hydrogen-bond donors (Lipinski definition) is 1. The lowest BCUT2D eigenvalue weighted by molar-refractivity contribution is -0.132. The van der Waals surface area contributed by atoms with Gasteiger partial charge in [0.2, 0.25) is 5.91 Å². The van der Waals surface area contributed by atoms with Crippen molar-refractivity contribution in [2.24, 2.45) is 0 Å².